The number of nitrogens with two attached hydrogens (primary N) is 2. The standard InChI is InChI=1S/C8H11FN2O2S/c9-8-3-6(4-10)1-2-7(8)5-14(11,12)13/h1-3H,4-5,10H2,(H2,11,12,13). The molecule has 6 heteroatoms. The van der Waals surface area contributed by atoms with Crippen molar-refractivity contribution >= 4 is 10.0 Å². The second-order valence-electron chi connectivity index (χ2n) is 2.94. The van der Waals surface area contributed by atoms with E-state index < -0.39 is 21.6 Å². The zero-order valence-electron chi connectivity index (χ0n) is 7.40. The molecule has 0 spiro atoms. The van der Waals surface area contributed by atoms with Gasteiger partial charge in [-0.15, -0.1) is 0 Å². The lowest BCUT2D eigenvalue weighted by Gasteiger charge is -2.03. The van der Waals surface area contributed by atoms with Gasteiger partial charge in [0, 0.05) is 12.1 Å². The van der Waals surface area contributed by atoms with Gasteiger partial charge < -0.3 is 5.73 Å². The zero-order chi connectivity index (χ0) is 10.8. The fraction of sp³-hybridized carbons (Fsp3) is 0.250. The second kappa shape index (κ2) is 4.04. The monoisotopic (exact) mass is 218 g/mol. The Morgan fingerprint density at radius 2 is 2.00 bits per heavy atom. The van der Waals surface area contributed by atoms with Crippen molar-refractivity contribution in [1.82, 2.24) is 0 Å². The highest BCUT2D eigenvalue weighted by molar-refractivity contribution is 7.88. The summed E-state index contributed by atoms with van der Waals surface area (Å²) in [6, 6.07) is 4.16. The van der Waals surface area contributed by atoms with Crippen molar-refractivity contribution in [3.05, 3.63) is 35.1 Å². The van der Waals surface area contributed by atoms with E-state index in [1.165, 1.54) is 12.1 Å². The minimum absolute atomic E-state index is 0.0599. The summed E-state index contributed by atoms with van der Waals surface area (Å²) in [4.78, 5) is 0. The van der Waals surface area contributed by atoms with Crippen molar-refractivity contribution in [2.75, 3.05) is 0 Å². The van der Waals surface area contributed by atoms with Crippen LogP contribution >= 0.6 is 0 Å². The first-order valence-electron chi connectivity index (χ1n) is 3.90. The minimum Gasteiger partial charge on any atom is -0.326 e. The number of halogens is 1. The quantitative estimate of drug-likeness (QED) is 0.752. The van der Waals surface area contributed by atoms with Crippen LogP contribution in [0.2, 0.25) is 0 Å². The van der Waals surface area contributed by atoms with Gasteiger partial charge in [0.05, 0.1) is 5.75 Å². The summed E-state index contributed by atoms with van der Waals surface area (Å²) in [5.41, 5.74) is 5.96. The Morgan fingerprint density at radius 3 is 2.43 bits per heavy atom. The molecule has 0 aliphatic carbocycles. The Labute approximate surface area is 81.8 Å². The van der Waals surface area contributed by atoms with E-state index in [4.69, 9.17) is 10.9 Å². The van der Waals surface area contributed by atoms with Gasteiger partial charge in [0.15, 0.2) is 0 Å². The summed E-state index contributed by atoms with van der Waals surface area (Å²) in [6.45, 7) is 0.215. The van der Waals surface area contributed by atoms with Gasteiger partial charge in [-0.2, -0.15) is 0 Å². The number of hydrogen-bond acceptors (Lipinski definition) is 3. The molecule has 0 amide bonds. The summed E-state index contributed by atoms with van der Waals surface area (Å²) < 4.78 is 34.6. The van der Waals surface area contributed by atoms with Gasteiger partial charge in [-0.1, -0.05) is 12.1 Å². The molecule has 0 bridgehead atoms. The van der Waals surface area contributed by atoms with Gasteiger partial charge in [-0.05, 0) is 11.6 Å². The summed E-state index contributed by atoms with van der Waals surface area (Å²) in [5.74, 6) is -1.09. The fourth-order valence-corrected chi connectivity index (χ4v) is 1.72. The summed E-state index contributed by atoms with van der Waals surface area (Å²) >= 11 is 0. The fourth-order valence-electron chi connectivity index (χ4n) is 1.05. The Kier molecular flexibility index (Phi) is 3.20. The van der Waals surface area contributed by atoms with Crippen LogP contribution in [0.3, 0.4) is 0 Å². The first-order valence-corrected chi connectivity index (χ1v) is 5.62. The first kappa shape index (κ1) is 11.1. The van der Waals surface area contributed by atoms with Crippen molar-refractivity contribution in [3.63, 3.8) is 0 Å². The molecule has 0 atom stereocenters. The Morgan fingerprint density at radius 1 is 1.36 bits per heavy atom. The maximum atomic E-state index is 13.2. The Bertz CT molecular complexity index is 431. The molecular formula is C8H11FN2O2S. The average Bonchev–Trinajstić information content (AvgIpc) is 2.06. The predicted molar refractivity (Wildman–Crippen MR) is 51.1 cm³/mol. The number of sulfonamides is 1. The van der Waals surface area contributed by atoms with E-state index in [1.54, 1.807) is 6.07 Å². The molecule has 0 saturated carbocycles. The van der Waals surface area contributed by atoms with E-state index in [-0.39, 0.29) is 12.1 Å². The van der Waals surface area contributed by atoms with Crippen LogP contribution in [-0.2, 0) is 22.3 Å². The van der Waals surface area contributed by atoms with Crippen LogP contribution in [0.25, 0.3) is 0 Å². The second-order valence-corrected chi connectivity index (χ2v) is 4.55. The molecule has 1 aromatic rings. The van der Waals surface area contributed by atoms with Gasteiger partial charge >= 0.3 is 0 Å². The first-order chi connectivity index (χ1) is 6.42. The van der Waals surface area contributed by atoms with E-state index in [0.29, 0.717) is 5.56 Å². The largest absolute Gasteiger partial charge is 0.326 e. The zero-order valence-corrected chi connectivity index (χ0v) is 8.22. The molecular weight excluding hydrogens is 207 g/mol. The van der Waals surface area contributed by atoms with E-state index in [1.807, 2.05) is 0 Å². The van der Waals surface area contributed by atoms with E-state index in [0.717, 1.165) is 0 Å². The van der Waals surface area contributed by atoms with Crippen LogP contribution in [0.5, 0.6) is 0 Å². The van der Waals surface area contributed by atoms with Crippen molar-refractivity contribution < 1.29 is 12.8 Å². The number of benzene rings is 1. The number of primary sulfonamides is 1. The van der Waals surface area contributed by atoms with E-state index in [9.17, 15) is 12.8 Å². The molecule has 78 valence electrons. The number of rotatable bonds is 3. The van der Waals surface area contributed by atoms with Gasteiger partial charge in [0.2, 0.25) is 10.0 Å². The van der Waals surface area contributed by atoms with Crippen LogP contribution < -0.4 is 10.9 Å². The van der Waals surface area contributed by atoms with Gasteiger partial charge in [-0.25, -0.2) is 17.9 Å². The van der Waals surface area contributed by atoms with Crippen LogP contribution in [0.4, 0.5) is 4.39 Å². The highest BCUT2D eigenvalue weighted by atomic mass is 32.2. The predicted octanol–water partition coefficient (Wildman–Crippen LogP) is 0.0729. The van der Waals surface area contributed by atoms with Gasteiger partial charge in [-0.3, -0.25) is 0 Å². The van der Waals surface area contributed by atoms with Crippen LogP contribution in [0, 0.1) is 5.82 Å². The van der Waals surface area contributed by atoms with Crippen molar-refractivity contribution in [3.8, 4) is 0 Å². The summed E-state index contributed by atoms with van der Waals surface area (Å²) in [5, 5.41) is 4.79. The molecule has 0 unspecified atom stereocenters. The third kappa shape index (κ3) is 3.06. The average molecular weight is 218 g/mol. The topological polar surface area (TPSA) is 86.2 Å². The molecule has 14 heavy (non-hydrogen) atoms. The minimum atomic E-state index is -3.69. The molecule has 0 fully saturated rings. The van der Waals surface area contributed by atoms with E-state index >= 15 is 0 Å². The third-order valence-electron chi connectivity index (χ3n) is 1.71. The summed E-state index contributed by atoms with van der Waals surface area (Å²) in [7, 11) is -3.69. The molecule has 1 aromatic carbocycles. The van der Waals surface area contributed by atoms with Gasteiger partial charge in [0.1, 0.15) is 5.82 Å². The third-order valence-corrected chi connectivity index (χ3v) is 2.42. The molecule has 0 aliphatic heterocycles. The molecule has 0 saturated heterocycles. The molecule has 0 aliphatic rings. The highest BCUT2D eigenvalue weighted by Crippen LogP contribution is 2.12. The lowest BCUT2D eigenvalue weighted by atomic mass is 10.1. The molecule has 0 heterocycles. The summed E-state index contributed by atoms with van der Waals surface area (Å²) in [6.07, 6.45) is 0. The molecule has 4 nitrogen and oxygen atoms in total. The lowest BCUT2D eigenvalue weighted by molar-refractivity contribution is 0.588. The van der Waals surface area contributed by atoms with Crippen molar-refractivity contribution in [2.24, 2.45) is 10.9 Å². The molecule has 0 radical (unpaired) electrons. The number of hydrogen-bond donors (Lipinski definition) is 2. The smallest absolute Gasteiger partial charge is 0.213 e. The van der Waals surface area contributed by atoms with Crippen molar-refractivity contribution in [1.29, 1.82) is 0 Å². The Balaban J connectivity index is 3.01. The molecule has 0 aromatic heterocycles. The SMILES string of the molecule is NCc1ccc(CS(N)(=O)=O)c(F)c1. The lowest BCUT2D eigenvalue weighted by Crippen LogP contribution is -2.15. The molecule has 4 N–H and O–H groups in total. The maximum Gasteiger partial charge on any atom is 0.213 e. The molecule has 1 rings (SSSR count). The maximum absolute atomic E-state index is 13.2. The van der Waals surface area contributed by atoms with Crippen molar-refractivity contribution in [2.45, 2.75) is 12.3 Å². The van der Waals surface area contributed by atoms with Crippen LogP contribution in [0.1, 0.15) is 11.1 Å². The van der Waals surface area contributed by atoms with Gasteiger partial charge in [0.25, 0.3) is 0 Å². The van der Waals surface area contributed by atoms with E-state index in [2.05, 4.69) is 0 Å². The van der Waals surface area contributed by atoms with Crippen LogP contribution in [-0.4, -0.2) is 8.42 Å². The normalized spacial score (nSPS) is 11.6. The Hall–Kier alpha value is -0.980. The highest BCUT2D eigenvalue weighted by Gasteiger charge is 2.09. The van der Waals surface area contributed by atoms with Crippen LogP contribution in [0.15, 0.2) is 18.2 Å².